The number of benzene rings is 2. The van der Waals surface area contributed by atoms with Gasteiger partial charge in [-0.05, 0) is 18.6 Å². The summed E-state index contributed by atoms with van der Waals surface area (Å²) in [6, 6.07) is 15.9. The Kier molecular flexibility index (Phi) is 4.29. The lowest BCUT2D eigenvalue weighted by Gasteiger charge is -1.99. The number of aryl methyl sites for hydroxylation is 1. The highest BCUT2D eigenvalue weighted by Gasteiger charge is 2.18. The van der Waals surface area contributed by atoms with Crippen molar-refractivity contribution in [1.29, 1.82) is 0 Å². The normalized spacial score (nSPS) is 11.0. The van der Waals surface area contributed by atoms with E-state index in [1.807, 2.05) is 60.8 Å². The van der Waals surface area contributed by atoms with E-state index in [0.29, 0.717) is 15.0 Å². The quantitative estimate of drug-likeness (QED) is 0.454. The maximum Gasteiger partial charge on any atom is 0.269 e. The number of hydrogen-bond donors (Lipinski definition) is 1. The molecule has 0 saturated carbocycles. The molecule has 0 aliphatic carbocycles. The molecule has 4 rings (SSSR count). The molecule has 0 aliphatic rings. The molecule has 3 nitrogen and oxygen atoms in total. The zero-order valence-electron chi connectivity index (χ0n) is 13.2. The third-order valence-electron chi connectivity index (χ3n) is 3.79. The second-order valence-corrected chi connectivity index (χ2v) is 7.89. The number of carbonyl (C=O) groups excluding carboxylic acids is 1. The Morgan fingerprint density at radius 3 is 2.76 bits per heavy atom. The Morgan fingerprint density at radius 1 is 1.16 bits per heavy atom. The van der Waals surface area contributed by atoms with Gasteiger partial charge in [0.1, 0.15) is 4.88 Å². The van der Waals surface area contributed by atoms with Crippen molar-refractivity contribution in [2.45, 2.75) is 6.92 Å². The summed E-state index contributed by atoms with van der Waals surface area (Å²) in [4.78, 5) is 17.6. The fraction of sp³-hybridized carbons (Fsp3) is 0.0526. The predicted octanol–water partition coefficient (Wildman–Crippen LogP) is 6.24. The molecule has 0 atom stereocenters. The number of thiophene rings is 1. The van der Waals surface area contributed by atoms with E-state index in [1.54, 1.807) is 0 Å². The highest BCUT2D eigenvalue weighted by Crippen LogP contribution is 2.36. The van der Waals surface area contributed by atoms with Crippen LogP contribution in [0.2, 0.25) is 5.02 Å². The molecular formula is C19H13ClN2OS2. The van der Waals surface area contributed by atoms with E-state index in [4.69, 9.17) is 11.6 Å². The van der Waals surface area contributed by atoms with Crippen LogP contribution in [0.4, 0.5) is 5.13 Å². The van der Waals surface area contributed by atoms with Gasteiger partial charge in [0.15, 0.2) is 5.13 Å². The van der Waals surface area contributed by atoms with E-state index in [0.717, 1.165) is 26.9 Å². The van der Waals surface area contributed by atoms with E-state index >= 15 is 0 Å². The van der Waals surface area contributed by atoms with Crippen LogP contribution in [-0.2, 0) is 0 Å². The monoisotopic (exact) mass is 384 g/mol. The average molecular weight is 385 g/mol. The zero-order valence-corrected chi connectivity index (χ0v) is 15.6. The number of rotatable bonds is 3. The lowest BCUT2D eigenvalue weighted by atomic mass is 10.2. The summed E-state index contributed by atoms with van der Waals surface area (Å²) in [5.41, 5.74) is 3.01. The van der Waals surface area contributed by atoms with Gasteiger partial charge >= 0.3 is 0 Å². The number of halogens is 1. The summed E-state index contributed by atoms with van der Waals surface area (Å²) < 4.78 is 1.01. The Hall–Kier alpha value is -2.21. The average Bonchev–Trinajstić information content (AvgIpc) is 3.20. The van der Waals surface area contributed by atoms with Crippen LogP contribution >= 0.6 is 34.3 Å². The van der Waals surface area contributed by atoms with E-state index < -0.39 is 0 Å². The highest BCUT2D eigenvalue weighted by molar-refractivity contribution is 7.22. The molecule has 6 heteroatoms. The second kappa shape index (κ2) is 6.59. The molecule has 0 bridgehead atoms. The largest absolute Gasteiger partial charge is 0.297 e. The Morgan fingerprint density at radius 2 is 1.96 bits per heavy atom. The van der Waals surface area contributed by atoms with Gasteiger partial charge in [0, 0.05) is 21.0 Å². The Labute approximate surface area is 157 Å². The summed E-state index contributed by atoms with van der Waals surface area (Å²) in [5.74, 6) is -0.224. The first-order chi connectivity index (χ1) is 12.1. The van der Waals surface area contributed by atoms with E-state index in [-0.39, 0.29) is 5.91 Å². The fourth-order valence-corrected chi connectivity index (χ4v) is 4.77. The molecule has 25 heavy (non-hydrogen) atoms. The van der Waals surface area contributed by atoms with Gasteiger partial charge in [-0.1, -0.05) is 54.1 Å². The van der Waals surface area contributed by atoms with Crippen molar-refractivity contribution in [1.82, 2.24) is 4.98 Å². The number of aromatic nitrogens is 1. The molecule has 0 fully saturated rings. The van der Waals surface area contributed by atoms with Crippen LogP contribution in [0.5, 0.6) is 0 Å². The SMILES string of the molecule is Cc1ccc2c(Cl)c(C(=O)Nc3nc(-c4ccccc4)cs3)sc2c1. The molecule has 0 radical (unpaired) electrons. The molecule has 1 N–H and O–H groups in total. The van der Waals surface area contributed by atoms with Crippen molar-refractivity contribution in [3.63, 3.8) is 0 Å². The molecule has 2 aromatic carbocycles. The number of anilines is 1. The predicted molar refractivity (Wildman–Crippen MR) is 107 cm³/mol. The first-order valence-electron chi connectivity index (χ1n) is 7.63. The minimum atomic E-state index is -0.224. The molecule has 0 spiro atoms. The zero-order chi connectivity index (χ0) is 17.4. The topological polar surface area (TPSA) is 42.0 Å². The number of hydrogen-bond acceptors (Lipinski definition) is 4. The molecule has 2 aromatic heterocycles. The summed E-state index contributed by atoms with van der Waals surface area (Å²) >= 11 is 9.21. The summed E-state index contributed by atoms with van der Waals surface area (Å²) in [7, 11) is 0. The lowest BCUT2D eigenvalue weighted by molar-refractivity contribution is 0.103. The van der Waals surface area contributed by atoms with Gasteiger partial charge in [0.25, 0.3) is 5.91 Å². The van der Waals surface area contributed by atoms with Crippen molar-refractivity contribution in [3.05, 3.63) is 69.4 Å². The van der Waals surface area contributed by atoms with Gasteiger partial charge < -0.3 is 0 Å². The summed E-state index contributed by atoms with van der Waals surface area (Å²) in [6.45, 7) is 2.02. The molecule has 1 amide bonds. The van der Waals surface area contributed by atoms with E-state index in [9.17, 15) is 4.79 Å². The molecule has 0 unspecified atom stereocenters. The molecule has 4 aromatic rings. The standard InChI is InChI=1S/C19H13ClN2OS2/c1-11-7-8-13-15(9-11)25-17(16(13)20)18(23)22-19-21-14(10-24-19)12-5-3-2-4-6-12/h2-10H,1H3,(H,21,22,23). The number of fused-ring (bicyclic) bond motifs is 1. The molecular weight excluding hydrogens is 372 g/mol. The van der Waals surface area contributed by atoms with Gasteiger partial charge in [0.05, 0.1) is 10.7 Å². The lowest BCUT2D eigenvalue weighted by Crippen LogP contribution is -2.10. The van der Waals surface area contributed by atoms with Crippen LogP contribution in [0.15, 0.2) is 53.9 Å². The highest BCUT2D eigenvalue weighted by atomic mass is 35.5. The number of carbonyl (C=O) groups is 1. The summed E-state index contributed by atoms with van der Waals surface area (Å²) in [5, 5.41) is 6.76. The Bertz CT molecular complexity index is 1070. The Balaban J connectivity index is 1.60. The smallest absolute Gasteiger partial charge is 0.269 e. The minimum absolute atomic E-state index is 0.224. The van der Waals surface area contributed by atoms with E-state index in [2.05, 4.69) is 10.3 Å². The van der Waals surface area contributed by atoms with Crippen molar-refractivity contribution < 1.29 is 4.79 Å². The van der Waals surface area contributed by atoms with Crippen molar-refractivity contribution >= 4 is 55.4 Å². The maximum atomic E-state index is 12.6. The van der Waals surface area contributed by atoms with Crippen molar-refractivity contribution in [3.8, 4) is 11.3 Å². The van der Waals surface area contributed by atoms with Gasteiger partial charge in [-0.15, -0.1) is 22.7 Å². The minimum Gasteiger partial charge on any atom is -0.297 e. The van der Waals surface area contributed by atoms with E-state index in [1.165, 1.54) is 22.7 Å². The van der Waals surface area contributed by atoms with Crippen molar-refractivity contribution in [2.24, 2.45) is 0 Å². The van der Waals surface area contributed by atoms with Crippen molar-refractivity contribution in [2.75, 3.05) is 5.32 Å². The van der Waals surface area contributed by atoms with Crippen LogP contribution in [0.25, 0.3) is 21.3 Å². The third-order valence-corrected chi connectivity index (χ3v) is 6.20. The fourth-order valence-electron chi connectivity index (χ4n) is 2.54. The number of nitrogens with one attached hydrogen (secondary N) is 1. The van der Waals surface area contributed by atoms with Gasteiger partial charge in [0.2, 0.25) is 0 Å². The van der Waals surface area contributed by atoms with Crippen LogP contribution in [0, 0.1) is 6.92 Å². The molecule has 124 valence electrons. The van der Waals surface area contributed by atoms with Gasteiger partial charge in [-0.25, -0.2) is 4.98 Å². The maximum absolute atomic E-state index is 12.6. The number of amides is 1. The molecule has 0 aliphatic heterocycles. The number of nitrogens with zero attached hydrogens (tertiary/aromatic N) is 1. The van der Waals surface area contributed by atoms with Crippen LogP contribution in [0.3, 0.4) is 0 Å². The molecule has 0 saturated heterocycles. The van der Waals surface area contributed by atoms with Gasteiger partial charge in [-0.2, -0.15) is 0 Å². The summed E-state index contributed by atoms with van der Waals surface area (Å²) in [6.07, 6.45) is 0. The van der Waals surface area contributed by atoms with Crippen LogP contribution in [0.1, 0.15) is 15.2 Å². The first-order valence-corrected chi connectivity index (χ1v) is 9.70. The molecule has 2 heterocycles. The van der Waals surface area contributed by atoms with Crippen LogP contribution in [-0.4, -0.2) is 10.9 Å². The van der Waals surface area contributed by atoms with Crippen LogP contribution < -0.4 is 5.32 Å². The van der Waals surface area contributed by atoms with Gasteiger partial charge in [-0.3, -0.25) is 10.1 Å². The first kappa shape index (κ1) is 16.3. The second-order valence-electron chi connectivity index (χ2n) is 5.60. The third kappa shape index (κ3) is 3.18. The number of thiazole rings is 1.